The van der Waals surface area contributed by atoms with Gasteiger partial charge in [0.05, 0.1) is 12.6 Å². The number of aryl methyl sites for hydroxylation is 1. The zero-order valence-electron chi connectivity index (χ0n) is 18.2. The molecule has 1 aromatic carbocycles. The van der Waals surface area contributed by atoms with Gasteiger partial charge in [0.1, 0.15) is 17.4 Å². The van der Waals surface area contributed by atoms with Gasteiger partial charge in [-0.1, -0.05) is 17.7 Å². The second kappa shape index (κ2) is 10.4. The molecule has 8 heteroatoms. The first-order valence-corrected chi connectivity index (χ1v) is 10.4. The zero-order chi connectivity index (χ0) is 22.2. The molecule has 1 aliphatic rings. The normalized spacial score (nSPS) is 15.2. The molecule has 1 fully saturated rings. The Balaban J connectivity index is 1.63. The summed E-state index contributed by atoms with van der Waals surface area (Å²) in [4.78, 5) is 25.4. The Hall–Kier alpha value is -3.60. The molecule has 3 rings (SSSR count). The Kier molecular flexibility index (Phi) is 7.44. The Bertz CT molecular complexity index is 962. The summed E-state index contributed by atoms with van der Waals surface area (Å²) in [6, 6.07) is 9.41. The van der Waals surface area contributed by atoms with Crippen LogP contribution in [0.2, 0.25) is 0 Å². The van der Waals surface area contributed by atoms with Gasteiger partial charge in [-0.25, -0.2) is 9.97 Å². The third kappa shape index (κ3) is 5.72. The van der Waals surface area contributed by atoms with E-state index in [4.69, 9.17) is 4.74 Å². The number of amides is 1. The SMILES string of the molecule is CCOc1ccc(C)cc1C(C)NC(=O)/C(C#N)=C\N1CCN(c2ncccn2)CC1. The van der Waals surface area contributed by atoms with Crippen molar-refractivity contribution in [3.63, 3.8) is 0 Å². The highest BCUT2D eigenvalue weighted by molar-refractivity contribution is 5.97. The minimum absolute atomic E-state index is 0.0851. The van der Waals surface area contributed by atoms with Crippen LogP contribution in [-0.4, -0.2) is 53.6 Å². The van der Waals surface area contributed by atoms with E-state index >= 15 is 0 Å². The lowest BCUT2D eigenvalue weighted by atomic mass is 10.0. The highest BCUT2D eigenvalue weighted by Crippen LogP contribution is 2.26. The molecule has 1 N–H and O–H groups in total. The molecular weight excluding hydrogens is 392 g/mol. The second-order valence-electron chi connectivity index (χ2n) is 7.40. The number of ether oxygens (including phenoxy) is 1. The lowest BCUT2D eigenvalue weighted by Gasteiger charge is -2.34. The van der Waals surface area contributed by atoms with Crippen molar-refractivity contribution in [3.05, 3.63) is 59.6 Å². The molecule has 1 unspecified atom stereocenters. The number of rotatable bonds is 7. The highest BCUT2D eigenvalue weighted by atomic mass is 16.5. The number of nitrogens with one attached hydrogen (secondary N) is 1. The first-order chi connectivity index (χ1) is 15.0. The number of piperazine rings is 1. The van der Waals surface area contributed by atoms with Gasteiger partial charge >= 0.3 is 0 Å². The number of carbonyl (C=O) groups excluding carboxylic acids is 1. The van der Waals surface area contributed by atoms with E-state index in [1.165, 1.54) is 0 Å². The summed E-state index contributed by atoms with van der Waals surface area (Å²) in [5.41, 5.74) is 2.06. The van der Waals surface area contributed by atoms with Gasteiger partial charge in [0.15, 0.2) is 0 Å². The molecule has 31 heavy (non-hydrogen) atoms. The van der Waals surface area contributed by atoms with E-state index in [9.17, 15) is 10.1 Å². The molecule has 1 saturated heterocycles. The van der Waals surface area contributed by atoms with E-state index < -0.39 is 5.91 Å². The van der Waals surface area contributed by atoms with Crippen LogP contribution in [0, 0.1) is 18.3 Å². The monoisotopic (exact) mass is 420 g/mol. The number of anilines is 1. The van der Waals surface area contributed by atoms with Crippen LogP contribution in [0.1, 0.15) is 31.0 Å². The molecule has 1 aromatic heterocycles. The van der Waals surface area contributed by atoms with E-state index in [0.717, 1.165) is 30.0 Å². The van der Waals surface area contributed by atoms with Crippen LogP contribution < -0.4 is 15.0 Å². The Labute approximate surface area is 183 Å². The van der Waals surface area contributed by atoms with Gasteiger partial charge in [0.2, 0.25) is 5.95 Å². The van der Waals surface area contributed by atoms with Crippen molar-refractivity contribution in [2.75, 3.05) is 37.7 Å². The van der Waals surface area contributed by atoms with Crippen molar-refractivity contribution in [1.82, 2.24) is 20.2 Å². The standard InChI is InChI=1S/C23H28N6O2/c1-4-31-21-7-6-17(2)14-20(21)18(3)27-22(30)19(15-24)16-28-10-12-29(13-11-28)23-25-8-5-9-26-23/h5-9,14,16,18H,4,10-13H2,1-3H3,(H,27,30)/b19-16-. The maximum Gasteiger partial charge on any atom is 0.263 e. The molecule has 0 spiro atoms. The van der Waals surface area contributed by atoms with Gasteiger partial charge < -0.3 is 19.9 Å². The predicted molar refractivity (Wildman–Crippen MR) is 118 cm³/mol. The summed E-state index contributed by atoms with van der Waals surface area (Å²) in [5, 5.41) is 12.5. The molecule has 0 saturated carbocycles. The number of hydrogen-bond acceptors (Lipinski definition) is 7. The lowest BCUT2D eigenvalue weighted by Crippen LogP contribution is -2.45. The van der Waals surface area contributed by atoms with E-state index in [1.54, 1.807) is 24.7 Å². The largest absolute Gasteiger partial charge is 0.494 e. The fraction of sp³-hybridized carbons (Fsp3) is 0.391. The van der Waals surface area contributed by atoms with E-state index in [1.807, 2.05) is 49.9 Å². The van der Waals surface area contributed by atoms with Crippen molar-refractivity contribution >= 4 is 11.9 Å². The minimum Gasteiger partial charge on any atom is -0.494 e. The van der Waals surface area contributed by atoms with E-state index in [-0.39, 0.29) is 11.6 Å². The van der Waals surface area contributed by atoms with E-state index in [0.29, 0.717) is 25.6 Å². The van der Waals surface area contributed by atoms with Crippen LogP contribution in [0.3, 0.4) is 0 Å². The van der Waals surface area contributed by atoms with Crippen molar-refractivity contribution in [2.45, 2.75) is 26.8 Å². The summed E-state index contributed by atoms with van der Waals surface area (Å²) in [6.07, 6.45) is 5.09. The maximum absolute atomic E-state index is 12.8. The Morgan fingerprint density at radius 2 is 2.00 bits per heavy atom. The molecule has 1 aliphatic heterocycles. The molecule has 2 aromatic rings. The molecule has 0 radical (unpaired) electrons. The summed E-state index contributed by atoms with van der Waals surface area (Å²) in [6.45, 7) is 9.15. The fourth-order valence-electron chi connectivity index (χ4n) is 3.47. The van der Waals surface area contributed by atoms with Gasteiger partial charge in [-0.05, 0) is 32.9 Å². The van der Waals surface area contributed by atoms with Gasteiger partial charge in [-0.15, -0.1) is 0 Å². The zero-order valence-corrected chi connectivity index (χ0v) is 18.2. The average molecular weight is 421 g/mol. The lowest BCUT2D eigenvalue weighted by molar-refractivity contribution is -0.117. The van der Waals surface area contributed by atoms with Crippen LogP contribution in [0.4, 0.5) is 5.95 Å². The summed E-state index contributed by atoms with van der Waals surface area (Å²) < 4.78 is 5.70. The predicted octanol–water partition coefficient (Wildman–Crippen LogP) is 2.59. The van der Waals surface area contributed by atoms with Crippen molar-refractivity contribution in [3.8, 4) is 11.8 Å². The number of hydrogen-bond donors (Lipinski definition) is 1. The van der Waals surface area contributed by atoms with Crippen molar-refractivity contribution in [2.24, 2.45) is 0 Å². The van der Waals surface area contributed by atoms with Crippen LogP contribution in [0.15, 0.2) is 48.4 Å². The first-order valence-electron chi connectivity index (χ1n) is 10.4. The third-order valence-corrected chi connectivity index (χ3v) is 5.11. The Morgan fingerprint density at radius 1 is 1.29 bits per heavy atom. The average Bonchev–Trinajstić information content (AvgIpc) is 2.79. The number of carbonyl (C=O) groups is 1. The minimum atomic E-state index is -0.396. The smallest absolute Gasteiger partial charge is 0.263 e. The molecule has 1 amide bonds. The topological polar surface area (TPSA) is 94.4 Å². The molecular formula is C23H28N6O2. The quantitative estimate of drug-likeness (QED) is 0.543. The molecule has 0 aliphatic carbocycles. The van der Waals surface area contributed by atoms with Gasteiger partial charge in [0.25, 0.3) is 5.91 Å². The molecule has 8 nitrogen and oxygen atoms in total. The van der Waals surface area contributed by atoms with Crippen LogP contribution >= 0.6 is 0 Å². The van der Waals surface area contributed by atoms with Gasteiger partial charge in [0, 0.05) is 50.3 Å². The second-order valence-corrected chi connectivity index (χ2v) is 7.40. The van der Waals surface area contributed by atoms with Gasteiger partial charge in [-0.2, -0.15) is 5.26 Å². The van der Waals surface area contributed by atoms with Crippen molar-refractivity contribution < 1.29 is 9.53 Å². The molecule has 2 heterocycles. The number of aromatic nitrogens is 2. The van der Waals surface area contributed by atoms with Gasteiger partial charge in [-0.3, -0.25) is 4.79 Å². The molecule has 0 bridgehead atoms. The maximum atomic E-state index is 12.8. The summed E-state index contributed by atoms with van der Waals surface area (Å²) >= 11 is 0. The van der Waals surface area contributed by atoms with Crippen LogP contribution in [0.5, 0.6) is 5.75 Å². The molecule has 162 valence electrons. The van der Waals surface area contributed by atoms with Crippen molar-refractivity contribution in [1.29, 1.82) is 5.26 Å². The van der Waals surface area contributed by atoms with E-state index in [2.05, 4.69) is 20.2 Å². The molecule has 1 atom stereocenters. The fourth-order valence-corrected chi connectivity index (χ4v) is 3.47. The first kappa shape index (κ1) is 22.1. The summed E-state index contributed by atoms with van der Waals surface area (Å²) in [7, 11) is 0. The summed E-state index contributed by atoms with van der Waals surface area (Å²) in [5.74, 6) is 1.04. The number of nitrogens with zero attached hydrogens (tertiary/aromatic N) is 5. The Morgan fingerprint density at radius 3 is 2.65 bits per heavy atom. The number of benzene rings is 1. The van der Waals surface area contributed by atoms with Crippen LogP contribution in [0.25, 0.3) is 0 Å². The number of nitriles is 1. The highest BCUT2D eigenvalue weighted by Gasteiger charge is 2.21. The third-order valence-electron chi connectivity index (χ3n) is 5.11. The van der Waals surface area contributed by atoms with Crippen LogP contribution in [-0.2, 0) is 4.79 Å².